The van der Waals surface area contributed by atoms with E-state index in [0.29, 0.717) is 66.9 Å². The molecule has 0 bridgehead atoms. The van der Waals surface area contributed by atoms with Crippen LogP contribution < -0.4 is 0 Å². The Morgan fingerprint density at radius 2 is 1.72 bits per heavy atom. The summed E-state index contributed by atoms with van der Waals surface area (Å²) in [5.74, 6) is 1.73. The van der Waals surface area contributed by atoms with Gasteiger partial charge in [0.25, 0.3) is 8.53 Å². The fraction of sp³-hybridized carbons (Fsp3) is 0.894. The molecule has 5 aliphatic rings. The lowest BCUT2D eigenvalue weighted by molar-refractivity contribution is -0.243. The van der Waals surface area contributed by atoms with Crippen LogP contribution in [0.5, 0.6) is 0 Å². The number of amides is 2. The van der Waals surface area contributed by atoms with Crippen molar-refractivity contribution in [1.82, 2.24) is 14.6 Å². The van der Waals surface area contributed by atoms with Crippen LogP contribution in [0.3, 0.4) is 0 Å². The number of fused-ring (bicyclic) bond motifs is 5. The van der Waals surface area contributed by atoms with E-state index in [2.05, 4.69) is 79.1 Å². The Kier molecular flexibility index (Phi) is 17.1. The third-order valence-corrected chi connectivity index (χ3v) is 17.9. The van der Waals surface area contributed by atoms with Crippen molar-refractivity contribution in [1.29, 1.82) is 5.26 Å². The maximum atomic E-state index is 14.2. The van der Waals surface area contributed by atoms with Gasteiger partial charge in [0.05, 0.1) is 44.3 Å². The van der Waals surface area contributed by atoms with Gasteiger partial charge in [0.2, 0.25) is 5.91 Å². The van der Waals surface area contributed by atoms with Gasteiger partial charge in [0.15, 0.2) is 0 Å². The normalized spacial score (nSPS) is 32.8. The predicted molar refractivity (Wildman–Crippen MR) is 231 cm³/mol. The minimum absolute atomic E-state index is 0.101. The van der Waals surface area contributed by atoms with Crippen molar-refractivity contribution in [3.05, 3.63) is 11.6 Å². The Labute approximate surface area is 361 Å². The monoisotopic (exact) mass is 867 g/mol. The van der Waals surface area contributed by atoms with E-state index < -0.39 is 26.7 Å². The van der Waals surface area contributed by atoms with E-state index in [1.54, 1.807) is 4.90 Å². The van der Waals surface area contributed by atoms with E-state index in [1.165, 1.54) is 44.1 Å². The van der Waals surface area contributed by atoms with Crippen molar-refractivity contribution in [2.75, 3.05) is 19.8 Å². The first-order valence-corrected chi connectivity index (χ1v) is 24.7. The lowest BCUT2D eigenvalue weighted by Gasteiger charge is -2.59. The molecule has 4 fully saturated rings. The molecule has 9 nitrogen and oxygen atoms in total. The highest BCUT2D eigenvalue weighted by molar-refractivity contribution is 7.44. The average Bonchev–Trinajstić information content (AvgIpc) is 3.75. The van der Waals surface area contributed by atoms with E-state index in [4.69, 9.17) is 19.1 Å². The Bertz CT molecular complexity index is 1510. The summed E-state index contributed by atoms with van der Waals surface area (Å²) in [6.45, 7) is 22.5. The highest BCUT2D eigenvalue weighted by atomic mass is 31.2. The maximum Gasteiger partial charge on any atom is 0.473 e. The zero-order valence-electron chi connectivity index (χ0n) is 38.6. The second-order valence-corrected chi connectivity index (χ2v) is 21.9. The summed E-state index contributed by atoms with van der Waals surface area (Å²) in [4.78, 5) is 34.2. The van der Waals surface area contributed by atoms with Crippen LogP contribution in [0.25, 0.3) is 0 Å². The van der Waals surface area contributed by atoms with Gasteiger partial charge in [-0.2, -0.15) is 18.4 Å². The quantitative estimate of drug-likeness (QED) is 0.0552. The predicted octanol–water partition coefficient (Wildman–Crippen LogP) is 11.8. The molecule has 60 heavy (non-hydrogen) atoms. The van der Waals surface area contributed by atoms with Crippen LogP contribution in [0.1, 0.15) is 166 Å². The number of alkyl halides is 3. The number of nitrogens with zero attached hydrogens (tertiary/aromatic N) is 4. The summed E-state index contributed by atoms with van der Waals surface area (Å²) in [6, 6.07) is 1.51. The van der Waals surface area contributed by atoms with Gasteiger partial charge in [-0.15, -0.1) is 0 Å². The number of hydroxylamine groups is 2. The first kappa shape index (κ1) is 49.2. The van der Waals surface area contributed by atoms with Crippen LogP contribution in [0.15, 0.2) is 11.6 Å². The second kappa shape index (κ2) is 20.8. The van der Waals surface area contributed by atoms with Gasteiger partial charge in [0.1, 0.15) is 0 Å². The van der Waals surface area contributed by atoms with Crippen molar-refractivity contribution in [3.63, 3.8) is 0 Å². The van der Waals surface area contributed by atoms with E-state index >= 15 is 0 Å². The van der Waals surface area contributed by atoms with Gasteiger partial charge in [-0.3, -0.25) is 14.4 Å². The number of likely N-dealkylation sites (tertiary alicyclic amines) is 1. The minimum Gasteiger partial charge on any atom is -0.337 e. The molecule has 1 saturated heterocycles. The van der Waals surface area contributed by atoms with Gasteiger partial charge >= 0.3 is 12.1 Å². The second-order valence-electron chi connectivity index (χ2n) is 20.5. The lowest BCUT2D eigenvalue weighted by atomic mass is 9.47. The molecule has 5 rings (SSSR count). The molecule has 0 spiro atoms. The highest BCUT2D eigenvalue weighted by Crippen LogP contribution is 2.67. The molecule has 0 aromatic heterocycles. The summed E-state index contributed by atoms with van der Waals surface area (Å²) in [6.07, 6.45) is 9.61. The fourth-order valence-corrected chi connectivity index (χ4v) is 14.5. The molecular formula is C47H78F3N4O5P. The zero-order chi connectivity index (χ0) is 44.2. The first-order valence-electron chi connectivity index (χ1n) is 23.5. The molecule has 11 unspecified atom stereocenters. The Balaban J connectivity index is 1.22. The van der Waals surface area contributed by atoms with Crippen LogP contribution in [-0.2, 0) is 23.5 Å². The van der Waals surface area contributed by atoms with Crippen molar-refractivity contribution in [2.45, 2.75) is 202 Å². The van der Waals surface area contributed by atoms with Crippen LogP contribution >= 0.6 is 8.53 Å². The molecule has 13 heteroatoms. The first-order chi connectivity index (χ1) is 28.3. The standard InChI is InChI=1S/C47H78F3N4O5P/c1-11-36-29-38(59-60(58-26-13-25-51)54(32(4)5)33(6)7)30-52(36)43(55)22-27-57-53(44(56)47(48,49)50)37-20-23-45(9)35(28-37)16-17-39-41-19-18-40(34(8)15-12-14-31(2)3)46(41,10)24-21-42(39)45/h16,31-34,36-42H,11-15,17-24,26-30H2,1-10H3. The minimum atomic E-state index is -5.10. The van der Waals surface area contributed by atoms with Crippen molar-refractivity contribution < 1.29 is 36.6 Å². The van der Waals surface area contributed by atoms with Crippen LogP contribution in [0.4, 0.5) is 13.2 Å². The summed E-state index contributed by atoms with van der Waals surface area (Å²) in [5.41, 5.74) is 1.42. The SMILES string of the molecule is CCC1CC(OP(OCCC#N)N(C(C)C)C(C)C)CN1C(=O)CCON(C(=O)C(F)(F)F)C1CCC2(C)C(=CCC3C2CCC2(C)C(C(C)CCCC(C)C)CCC32)C1. The Morgan fingerprint density at radius 3 is 2.35 bits per heavy atom. The number of allylic oxidation sites excluding steroid dienone is 1. The summed E-state index contributed by atoms with van der Waals surface area (Å²) < 4.78 is 57.3. The molecule has 0 aromatic carbocycles. The molecule has 4 aliphatic carbocycles. The molecule has 1 aliphatic heterocycles. The summed E-state index contributed by atoms with van der Waals surface area (Å²) in [5, 5.41) is 9.67. The maximum absolute atomic E-state index is 14.2. The molecule has 0 N–H and O–H groups in total. The molecule has 0 radical (unpaired) electrons. The lowest BCUT2D eigenvalue weighted by Crippen LogP contribution is -2.54. The van der Waals surface area contributed by atoms with Crippen molar-refractivity contribution >= 4 is 20.3 Å². The zero-order valence-corrected chi connectivity index (χ0v) is 39.5. The van der Waals surface area contributed by atoms with E-state index in [-0.39, 0.29) is 61.6 Å². The Hall–Kier alpha value is -1.77. The highest BCUT2D eigenvalue weighted by Gasteiger charge is 2.60. The van der Waals surface area contributed by atoms with Crippen LogP contribution in [-0.4, -0.2) is 82.7 Å². The topological polar surface area (TPSA) is 95.3 Å². The third-order valence-electron chi connectivity index (χ3n) is 15.7. The molecule has 11 atom stereocenters. The molecule has 3 saturated carbocycles. The van der Waals surface area contributed by atoms with Crippen LogP contribution in [0.2, 0.25) is 0 Å². The summed E-state index contributed by atoms with van der Waals surface area (Å²) >= 11 is 0. The molecular weight excluding hydrogens is 789 g/mol. The Morgan fingerprint density at radius 1 is 1.00 bits per heavy atom. The largest absolute Gasteiger partial charge is 0.473 e. The summed E-state index contributed by atoms with van der Waals surface area (Å²) in [7, 11) is -1.50. The molecule has 2 amide bonds. The van der Waals surface area contributed by atoms with Gasteiger partial charge < -0.3 is 13.9 Å². The average molecular weight is 867 g/mol. The molecule has 1 heterocycles. The van der Waals surface area contributed by atoms with Crippen molar-refractivity contribution in [2.24, 2.45) is 46.3 Å². The molecule has 0 aromatic rings. The number of carbonyl (C=O) groups excluding carboxylic acids is 2. The van der Waals surface area contributed by atoms with Gasteiger partial charge in [0, 0.05) is 24.7 Å². The van der Waals surface area contributed by atoms with Crippen molar-refractivity contribution in [3.8, 4) is 6.07 Å². The number of rotatable bonds is 19. The van der Waals surface area contributed by atoms with Gasteiger partial charge in [-0.1, -0.05) is 72.5 Å². The number of nitriles is 1. The van der Waals surface area contributed by atoms with Crippen LogP contribution in [0, 0.1) is 57.7 Å². The number of halogens is 3. The number of hydrogen-bond acceptors (Lipinski definition) is 7. The molecule has 342 valence electrons. The fourth-order valence-electron chi connectivity index (χ4n) is 12.8. The van der Waals surface area contributed by atoms with Gasteiger partial charge in [-0.05, 0) is 138 Å². The van der Waals surface area contributed by atoms with E-state index in [9.17, 15) is 22.8 Å². The van der Waals surface area contributed by atoms with Gasteiger partial charge in [-0.25, -0.2) is 9.73 Å². The van der Waals surface area contributed by atoms with E-state index in [1.807, 2.05) is 6.92 Å². The van der Waals surface area contributed by atoms with E-state index in [0.717, 1.165) is 30.6 Å². The smallest absolute Gasteiger partial charge is 0.337 e. The third kappa shape index (κ3) is 10.9. The number of carbonyl (C=O) groups is 2. The number of hydrogen-bond donors (Lipinski definition) is 0.